The Kier molecular flexibility index (Phi) is 2.72. The molecular weight excluding hydrogens is 289 g/mol. The highest BCUT2D eigenvalue weighted by Gasteiger charge is 2.33. The lowest BCUT2D eigenvalue weighted by Crippen LogP contribution is -2.20. The number of aromatic nitrogens is 1. The summed E-state index contributed by atoms with van der Waals surface area (Å²) in [5.41, 5.74) is 2.51. The molecule has 21 heavy (non-hydrogen) atoms. The molecule has 0 amide bonds. The monoisotopic (exact) mass is 298 g/mol. The number of carboxylic acid groups (broad SMARTS) is 1. The summed E-state index contributed by atoms with van der Waals surface area (Å²) in [5.74, 6) is -6.54. The fourth-order valence-electron chi connectivity index (χ4n) is 2.40. The van der Waals surface area contributed by atoms with Crippen LogP contribution in [0.5, 0.6) is 0 Å². The lowest BCUT2D eigenvalue weighted by molar-refractivity contribution is 0.0684. The van der Waals surface area contributed by atoms with Gasteiger partial charge in [-0.1, -0.05) is 0 Å². The Morgan fingerprint density at radius 1 is 1.24 bits per heavy atom. The third-order valence-corrected chi connectivity index (χ3v) is 3.48. The third kappa shape index (κ3) is 1.78. The first kappa shape index (κ1) is 13.5. The van der Waals surface area contributed by atoms with Crippen LogP contribution in [-0.2, 0) is 0 Å². The summed E-state index contributed by atoms with van der Waals surface area (Å²) < 4.78 is 42.2. The molecule has 1 aliphatic carbocycles. The molecular formula is C13H9F3N2O3. The van der Waals surface area contributed by atoms with E-state index in [2.05, 4.69) is 0 Å². The Morgan fingerprint density at radius 2 is 1.86 bits per heavy atom. The molecule has 0 radical (unpaired) electrons. The van der Waals surface area contributed by atoms with Gasteiger partial charge in [-0.3, -0.25) is 4.79 Å². The molecule has 1 heterocycles. The summed E-state index contributed by atoms with van der Waals surface area (Å²) in [6, 6.07) is 0.369. The van der Waals surface area contributed by atoms with Gasteiger partial charge in [-0.15, -0.1) is 0 Å². The predicted octanol–water partition coefficient (Wildman–Crippen LogP) is 2.03. The molecule has 1 saturated carbocycles. The second-order valence-corrected chi connectivity index (χ2v) is 4.88. The molecule has 110 valence electrons. The maximum absolute atomic E-state index is 14.1. The Morgan fingerprint density at radius 3 is 2.38 bits per heavy atom. The van der Waals surface area contributed by atoms with E-state index in [0.717, 1.165) is 10.6 Å². The molecule has 3 N–H and O–H groups in total. The molecule has 0 saturated heterocycles. The zero-order chi connectivity index (χ0) is 15.5. The van der Waals surface area contributed by atoms with Crippen LogP contribution in [0.2, 0.25) is 0 Å². The van der Waals surface area contributed by atoms with E-state index in [1.807, 2.05) is 0 Å². The van der Waals surface area contributed by atoms with Gasteiger partial charge < -0.3 is 15.4 Å². The van der Waals surface area contributed by atoms with Crippen molar-refractivity contribution in [1.29, 1.82) is 0 Å². The number of carbonyl (C=O) groups is 1. The number of pyridine rings is 1. The molecule has 1 fully saturated rings. The van der Waals surface area contributed by atoms with Crippen LogP contribution in [0.25, 0.3) is 10.9 Å². The summed E-state index contributed by atoms with van der Waals surface area (Å²) in [6.45, 7) is 0. The van der Waals surface area contributed by atoms with Crippen LogP contribution in [0.1, 0.15) is 29.4 Å². The topological polar surface area (TPSA) is 85.3 Å². The zero-order valence-corrected chi connectivity index (χ0v) is 10.5. The standard InChI is InChI=1S/C13H9F3N2O3/c14-8-9(15)11(17)7-6(19)3-5(13(20)21)18(4-1-2-4)12(7)10(8)16/h3-4H,1-2,17H2,(H,20,21). The number of carboxylic acids is 1. The Balaban J connectivity index is 2.61. The van der Waals surface area contributed by atoms with Crippen molar-refractivity contribution in [3.8, 4) is 0 Å². The molecule has 1 aliphatic rings. The molecule has 5 nitrogen and oxygen atoms in total. The normalized spacial score (nSPS) is 14.6. The second-order valence-electron chi connectivity index (χ2n) is 4.88. The summed E-state index contributed by atoms with van der Waals surface area (Å²) in [4.78, 5) is 23.1. The molecule has 0 bridgehead atoms. The van der Waals surface area contributed by atoms with E-state index in [4.69, 9.17) is 10.8 Å². The average molecular weight is 298 g/mol. The van der Waals surface area contributed by atoms with Gasteiger partial charge in [-0.25, -0.2) is 18.0 Å². The van der Waals surface area contributed by atoms with Crippen molar-refractivity contribution in [2.75, 3.05) is 5.73 Å². The first-order valence-corrected chi connectivity index (χ1v) is 6.09. The summed E-state index contributed by atoms with van der Waals surface area (Å²) in [5, 5.41) is 8.59. The number of nitrogens with zero attached hydrogens (tertiary/aromatic N) is 1. The Labute approximate surface area is 115 Å². The number of halogens is 3. The molecule has 2 aromatic rings. The number of anilines is 1. The van der Waals surface area contributed by atoms with Crippen LogP contribution >= 0.6 is 0 Å². The minimum absolute atomic E-state index is 0.377. The van der Waals surface area contributed by atoms with E-state index in [9.17, 15) is 22.8 Å². The molecule has 3 rings (SSSR count). The van der Waals surface area contributed by atoms with Crippen molar-refractivity contribution < 1.29 is 23.1 Å². The van der Waals surface area contributed by atoms with Crippen molar-refractivity contribution in [1.82, 2.24) is 4.57 Å². The smallest absolute Gasteiger partial charge is 0.352 e. The number of nitrogen functional groups attached to an aromatic ring is 1. The molecule has 1 aromatic carbocycles. The maximum atomic E-state index is 14.1. The molecule has 8 heteroatoms. The number of rotatable bonds is 2. The van der Waals surface area contributed by atoms with Crippen molar-refractivity contribution >= 4 is 22.6 Å². The highest BCUT2D eigenvalue weighted by molar-refractivity contribution is 5.96. The van der Waals surface area contributed by atoms with Crippen molar-refractivity contribution in [2.24, 2.45) is 0 Å². The van der Waals surface area contributed by atoms with E-state index in [1.54, 1.807) is 0 Å². The van der Waals surface area contributed by atoms with E-state index >= 15 is 0 Å². The molecule has 0 unspecified atom stereocenters. The van der Waals surface area contributed by atoms with Gasteiger partial charge in [0.15, 0.2) is 22.9 Å². The number of fused-ring (bicyclic) bond motifs is 1. The zero-order valence-electron chi connectivity index (χ0n) is 10.5. The molecule has 0 atom stereocenters. The average Bonchev–Trinajstić information content (AvgIpc) is 3.25. The van der Waals surface area contributed by atoms with Gasteiger partial charge >= 0.3 is 5.97 Å². The predicted molar refractivity (Wildman–Crippen MR) is 67.7 cm³/mol. The lowest BCUT2D eigenvalue weighted by Gasteiger charge is -2.16. The van der Waals surface area contributed by atoms with E-state index in [1.165, 1.54) is 0 Å². The quantitative estimate of drug-likeness (QED) is 0.656. The summed E-state index contributed by atoms with van der Waals surface area (Å²) in [6.07, 6.45) is 1.10. The number of aromatic carboxylic acids is 1. The Hall–Kier alpha value is -2.51. The second kappa shape index (κ2) is 4.24. The van der Waals surface area contributed by atoms with Crippen LogP contribution in [0.15, 0.2) is 10.9 Å². The third-order valence-electron chi connectivity index (χ3n) is 3.48. The Bertz CT molecular complexity index is 856. The SMILES string of the molecule is Nc1c(F)c(F)c(F)c2c1c(=O)cc(C(=O)O)n2C1CC1. The highest BCUT2D eigenvalue weighted by atomic mass is 19.2. The van der Waals surface area contributed by atoms with Crippen molar-refractivity contribution in [3.05, 3.63) is 39.4 Å². The van der Waals surface area contributed by atoms with Crippen LogP contribution in [0, 0.1) is 17.5 Å². The van der Waals surface area contributed by atoms with Crippen LogP contribution in [0.4, 0.5) is 18.9 Å². The van der Waals surface area contributed by atoms with E-state index in [-0.39, 0.29) is 6.04 Å². The largest absolute Gasteiger partial charge is 0.477 e. The van der Waals surface area contributed by atoms with Gasteiger partial charge in [0.2, 0.25) is 0 Å². The first-order valence-electron chi connectivity index (χ1n) is 6.09. The minimum atomic E-state index is -1.82. The number of nitrogens with two attached hydrogens (primary N) is 1. The van der Waals surface area contributed by atoms with E-state index in [0.29, 0.717) is 12.8 Å². The molecule has 1 aromatic heterocycles. The van der Waals surface area contributed by atoms with Gasteiger partial charge in [0, 0.05) is 12.1 Å². The number of hydrogen-bond donors (Lipinski definition) is 2. The number of hydrogen-bond acceptors (Lipinski definition) is 3. The fraction of sp³-hybridized carbons (Fsp3) is 0.231. The first-order chi connectivity index (χ1) is 9.84. The number of benzene rings is 1. The van der Waals surface area contributed by atoms with Crippen molar-refractivity contribution in [3.63, 3.8) is 0 Å². The van der Waals surface area contributed by atoms with Gasteiger partial charge in [0.25, 0.3) is 0 Å². The van der Waals surface area contributed by atoms with Gasteiger partial charge in [0.05, 0.1) is 16.6 Å². The fourth-order valence-corrected chi connectivity index (χ4v) is 2.40. The van der Waals surface area contributed by atoms with E-state index < -0.39 is 51.1 Å². The van der Waals surface area contributed by atoms with Crippen molar-refractivity contribution in [2.45, 2.75) is 18.9 Å². The minimum Gasteiger partial charge on any atom is -0.477 e. The molecule has 0 spiro atoms. The van der Waals surface area contributed by atoms with Crippen LogP contribution in [0.3, 0.4) is 0 Å². The van der Waals surface area contributed by atoms with Gasteiger partial charge in [-0.05, 0) is 12.8 Å². The maximum Gasteiger partial charge on any atom is 0.352 e. The van der Waals surface area contributed by atoms with Crippen LogP contribution < -0.4 is 11.2 Å². The summed E-state index contributed by atoms with van der Waals surface area (Å²) in [7, 11) is 0. The summed E-state index contributed by atoms with van der Waals surface area (Å²) >= 11 is 0. The highest BCUT2D eigenvalue weighted by Crippen LogP contribution is 2.40. The lowest BCUT2D eigenvalue weighted by atomic mass is 10.1. The van der Waals surface area contributed by atoms with Gasteiger partial charge in [0.1, 0.15) is 5.69 Å². The molecule has 0 aliphatic heterocycles. The van der Waals surface area contributed by atoms with Crippen LogP contribution in [-0.4, -0.2) is 15.6 Å². The van der Waals surface area contributed by atoms with Gasteiger partial charge in [-0.2, -0.15) is 0 Å².